The van der Waals surface area contributed by atoms with Crippen LogP contribution < -0.4 is 20.4 Å². The lowest BCUT2D eigenvalue weighted by molar-refractivity contribution is -0.121. The minimum Gasteiger partial charge on any atom is -0.497 e. The number of fused-ring (bicyclic) bond motifs is 1. The number of rotatable bonds is 14. The van der Waals surface area contributed by atoms with Gasteiger partial charge in [-0.25, -0.2) is 10.00 Å². The number of unbranched alkanes of at least 4 members (excludes halogenated alkanes) is 2. The third-order valence-corrected chi connectivity index (χ3v) is 8.18. The number of aliphatic imine (C=N–C) groups is 1. The number of nitrogens with zero attached hydrogens (tertiary/aromatic N) is 3. The van der Waals surface area contributed by atoms with Gasteiger partial charge in [0.25, 0.3) is 0 Å². The average molecular weight is 595 g/mol. The molecule has 1 atom stereocenters. The van der Waals surface area contributed by atoms with Crippen LogP contribution in [0.5, 0.6) is 5.75 Å². The predicted molar refractivity (Wildman–Crippen MR) is 175 cm³/mol. The zero-order valence-electron chi connectivity index (χ0n) is 26.3. The summed E-state index contributed by atoms with van der Waals surface area (Å²) >= 11 is 0. The van der Waals surface area contributed by atoms with Gasteiger partial charge in [0.15, 0.2) is 11.9 Å². The Kier molecular flexibility index (Phi) is 9.62. The Morgan fingerprint density at radius 2 is 1.91 bits per heavy atom. The highest BCUT2D eigenvalue weighted by Crippen LogP contribution is 2.27. The lowest BCUT2D eigenvalue weighted by atomic mass is 10.0. The quantitative estimate of drug-likeness (QED) is 0.165. The number of Topliss-reactive ketones (excluding diaryl/α,β-unsaturated/α-hetero) is 1. The molecule has 0 fully saturated rings. The molecule has 1 radical (unpaired) electrons. The van der Waals surface area contributed by atoms with Crippen LogP contribution in [0.3, 0.4) is 0 Å². The first kappa shape index (κ1) is 30.8. The van der Waals surface area contributed by atoms with Gasteiger partial charge in [-0.3, -0.25) is 9.59 Å². The van der Waals surface area contributed by atoms with Crippen molar-refractivity contribution in [3.8, 4) is 11.4 Å². The molecule has 9 nitrogen and oxygen atoms in total. The van der Waals surface area contributed by atoms with Crippen LogP contribution in [0, 0.1) is 20.8 Å². The van der Waals surface area contributed by atoms with Crippen LogP contribution in [0.4, 0.5) is 0 Å². The number of carbonyl (C=O) groups excluding carboxylic acids is 2. The fourth-order valence-corrected chi connectivity index (χ4v) is 5.78. The van der Waals surface area contributed by atoms with Gasteiger partial charge in [-0.05, 0) is 80.6 Å². The monoisotopic (exact) mass is 594 g/mol. The van der Waals surface area contributed by atoms with Crippen molar-refractivity contribution in [3.63, 3.8) is 0 Å². The molecule has 1 amide bonds. The van der Waals surface area contributed by atoms with Crippen LogP contribution in [0.25, 0.3) is 22.3 Å². The van der Waals surface area contributed by atoms with E-state index in [4.69, 9.17) is 9.73 Å². The topological polar surface area (TPSA) is 115 Å². The maximum atomic E-state index is 13.5. The molecule has 3 heterocycles. The summed E-state index contributed by atoms with van der Waals surface area (Å²) in [5.41, 5.74) is 7.76. The third-order valence-electron chi connectivity index (χ3n) is 8.18. The largest absolute Gasteiger partial charge is 0.497 e. The minimum absolute atomic E-state index is 0.0764. The van der Waals surface area contributed by atoms with Crippen LogP contribution >= 0.6 is 0 Å². The van der Waals surface area contributed by atoms with Gasteiger partial charge in [0.2, 0.25) is 5.91 Å². The second kappa shape index (κ2) is 13.8. The summed E-state index contributed by atoms with van der Waals surface area (Å²) in [5, 5.41) is 12.3. The third kappa shape index (κ3) is 7.10. The van der Waals surface area contributed by atoms with Crippen molar-refractivity contribution in [1.82, 2.24) is 30.4 Å². The van der Waals surface area contributed by atoms with Crippen LogP contribution in [0.1, 0.15) is 73.7 Å². The van der Waals surface area contributed by atoms with Crippen LogP contribution in [-0.2, 0) is 16.0 Å². The maximum absolute atomic E-state index is 13.5. The number of amidine groups is 1. The van der Waals surface area contributed by atoms with Gasteiger partial charge in [0.05, 0.1) is 24.9 Å². The van der Waals surface area contributed by atoms with Crippen molar-refractivity contribution in [2.24, 2.45) is 0 Å². The van der Waals surface area contributed by atoms with Gasteiger partial charge < -0.3 is 15.0 Å². The summed E-state index contributed by atoms with van der Waals surface area (Å²) in [7, 11) is 1.64. The van der Waals surface area contributed by atoms with Crippen molar-refractivity contribution in [2.75, 3.05) is 7.11 Å². The van der Waals surface area contributed by atoms with Crippen molar-refractivity contribution in [1.29, 1.82) is 0 Å². The Balaban J connectivity index is 1.29. The van der Waals surface area contributed by atoms with E-state index in [1.165, 1.54) is 0 Å². The molecule has 0 aliphatic carbocycles. The predicted octanol–water partition coefficient (Wildman–Crippen LogP) is 5.58. The number of hydrogen-bond donors (Lipinski definition) is 3. The first-order valence-corrected chi connectivity index (χ1v) is 15.4. The molecule has 1 aliphatic rings. The fourth-order valence-electron chi connectivity index (χ4n) is 5.78. The molecule has 4 aromatic rings. The van der Waals surface area contributed by atoms with Gasteiger partial charge in [0.1, 0.15) is 17.6 Å². The molecule has 229 valence electrons. The first-order valence-electron chi connectivity index (χ1n) is 15.4. The molecular formula is C35H42N6O3+. The molecular weight excluding hydrogens is 552 g/mol. The number of aromatic amines is 1. The number of benzene rings is 2. The number of nitrogens with one attached hydrogen (secondary N) is 3. The van der Waals surface area contributed by atoms with Gasteiger partial charge in [0, 0.05) is 40.7 Å². The van der Waals surface area contributed by atoms with E-state index in [0.717, 1.165) is 75.5 Å². The van der Waals surface area contributed by atoms with Crippen molar-refractivity contribution in [3.05, 3.63) is 82.9 Å². The van der Waals surface area contributed by atoms with Crippen LogP contribution in [-0.4, -0.2) is 45.4 Å². The molecule has 0 saturated heterocycles. The molecule has 3 N–H and O–H groups in total. The first-order chi connectivity index (χ1) is 21.2. The molecule has 0 bridgehead atoms. The summed E-state index contributed by atoms with van der Waals surface area (Å²) in [5.74, 6) is 1.68. The molecule has 9 heteroatoms. The number of hydrogen-bond acceptors (Lipinski definition) is 6. The van der Waals surface area contributed by atoms with Crippen molar-refractivity contribution < 1.29 is 14.3 Å². The number of amides is 1. The minimum atomic E-state index is -0.294. The highest BCUT2D eigenvalue weighted by Gasteiger charge is 2.31. The molecule has 2 aromatic heterocycles. The van der Waals surface area contributed by atoms with Crippen LogP contribution in [0.2, 0.25) is 0 Å². The van der Waals surface area contributed by atoms with Gasteiger partial charge in [-0.1, -0.05) is 31.9 Å². The Labute approximate surface area is 258 Å². The fraction of sp³-hybridized carbons (Fsp3) is 0.371. The molecule has 0 saturated carbocycles. The lowest BCUT2D eigenvalue weighted by Gasteiger charge is -2.16. The van der Waals surface area contributed by atoms with E-state index in [2.05, 4.69) is 32.8 Å². The van der Waals surface area contributed by atoms with Crippen molar-refractivity contribution in [2.45, 2.75) is 78.7 Å². The molecule has 2 aromatic carbocycles. The van der Waals surface area contributed by atoms with E-state index in [1.54, 1.807) is 7.11 Å². The zero-order chi connectivity index (χ0) is 31.2. The van der Waals surface area contributed by atoms with E-state index < -0.39 is 0 Å². The van der Waals surface area contributed by atoms with E-state index in [9.17, 15) is 9.59 Å². The average Bonchev–Trinajstić information content (AvgIpc) is 3.73. The van der Waals surface area contributed by atoms with E-state index in [1.807, 2.05) is 75.0 Å². The number of H-pyrrole nitrogens is 1. The zero-order valence-corrected chi connectivity index (χ0v) is 26.3. The normalized spacial score (nSPS) is 13.4. The number of ether oxygens (including phenoxy) is 1. The molecule has 44 heavy (non-hydrogen) atoms. The lowest BCUT2D eigenvalue weighted by Crippen LogP contribution is -2.47. The maximum Gasteiger partial charge on any atom is 0.319 e. The molecule has 1 unspecified atom stereocenters. The highest BCUT2D eigenvalue weighted by molar-refractivity contribution is 6.00. The second-order valence-corrected chi connectivity index (χ2v) is 11.5. The standard InChI is InChI=1S/C35H42N6O3/c1-6-27(42)13-8-7-9-14-32(38-34(43)20-29-24(4)37-31-16-15-28(44-5)19-30(29)31)35-36-21-33(39-35)25-11-10-12-26(18-25)41-23(3)17-22(2)40-41/h10-12,15-19,21,32,37,39H,6-9,13-14,20H2,1-5H3,(H,38,43)/q+1. The second-order valence-electron chi connectivity index (χ2n) is 11.5. The Hall–Kier alpha value is -4.66. The van der Waals surface area contributed by atoms with E-state index in [-0.39, 0.29) is 18.4 Å². The summed E-state index contributed by atoms with van der Waals surface area (Å²) in [6.07, 6.45) is 6.59. The van der Waals surface area contributed by atoms with Crippen molar-refractivity contribution >= 4 is 34.1 Å². The van der Waals surface area contributed by atoms with Gasteiger partial charge >= 0.3 is 5.84 Å². The van der Waals surface area contributed by atoms with Gasteiger partial charge in [-0.2, -0.15) is 5.10 Å². The summed E-state index contributed by atoms with van der Waals surface area (Å²) in [6, 6.07) is 15.8. The van der Waals surface area contributed by atoms with Gasteiger partial charge in [-0.15, -0.1) is 0 Å². The Morgan fingerprint density at radius 3 is 2.66 bits per heavy atom. The molecule has 1 aliphatic heterocycles. The van der Waals surface area contributed by atoms with E-state index >= 15 is 0 Å². The number of aryl methyl sites for hydroxylation is 3. The summed E-state index contributed by atoms with van der Waals surface area (Å²) in [4.78, 5) is 33.4. The summed E-state index contributed by atoms with van der Waals surface area (Å²) < 4.78 is 7.36. The Bertz CT molecular complexity index is 1730. The SMILES string of the molecule is CCC(=O)CCCCCC(NC(=O)Cc1c(C)[nH]c2ccc(OC)cc12)C1=[N+]C=C(c2cccc(-n3nc(C)cc3C)c2)N1. The smallest absolute Gasteiger partial charge is 0.319 e. The van der Waals surface area contributed by atoms with Crippen LogP contribution in [0.15, 0.2) is 54.7 Å². The summed E-state index contributed by atoms with van der Waals surface area (Å²) in [6.45, 7) is 7.92. The molecule has 0 spiro atoms. The number of ketones is 1. The molecule has 5 rings (SSSR count). The van der Waals surface area contributed by atoms with E-state index in [0.29, 0.717) is 30.9 Å². The Morgan fingerprint density at radius 1 is 1.07 bits per heavy atom. The number of carbonyl (C=O) groups is 2. The number of methoxy groups -OCH3 is 1. The number of aromatic nitrogens is 3. The highest BCUT2D eigenvalue weighted by atomic mass is 16.5.